The maximum atomic E-state index is 11.3. The Bertz CT molecular complexity index is 1040. The van der Waals surface area contributed by atoms with Crippen LogP contribution >= 0.6 is 0 Å². The molecular weight excluding hydrogens is 427 g/mol. The van der Waals surface area contributed by atoms with Gasteiger partial charge in [0.15, 0.2) is 12.6 Å². The van der Waals surface area contributed by atoms with E-state index in [2.05, 4.69) is 10.2 Å². The van der Waals surface area contributed by atoms with Gasteiger partial charge in [0.2, 0.25) is 0 Å². The van der Waals surface area contributed by atoms with Gasteiger partial charge in [0.25, 0.3) is 20.2 Å². The molecule has 0 radical (unpaired) electrons. The molecule has 0 saturated heterocycles. The third kappa shape index (κ3) is 6.16. The SMILES string of the molecule is O=Cc1ccc(N=Nc2ccc(C=O)c(S(=O)(=O)O)c2)cc1S(=O)(=O)O.[K+]. The van der Waals surface area contributed by atoms with E-state index in [4.69, 9.17) is 9.11 Å². The van der Waals surface area contributed by atoms with Crippen molar-refractivity contribution in [3.8, 4) is 0 Å². The van der Waals surface area contributed by atoms with E-state index in [0.29, 0.717) is 0 Å². The largest absolute Gasteiger partial charge is 1.00 e. The number of carbonyl (C=O) groups excluding carboxylic acids is 2. The van der Waals surface area contributed by atoms with Gasteiger partial charge in [0, 0.05) is 11.1 Å². The van der Waals surface area contributed by atoms with Crippen LogP contribution in [0.25, 0.3) is 0 Å². The first-order valence-electron chi connectivity index (χ1n) is 6.61. The number of rotatable bonds is 6. The molecule has 27 heavy (non-hydrogen) atoms. The van der Waals surface area contributed by atoms with Gasteiger partial charge in [-0.05, 0) is 36.4 Å². The van der Waals surface area contributed by atoms with Crippen molar-refractivity contribution in [2.24, 2.45) is 10.2 Å². The molecule has 0 atom stereocenters. The van der Waals surface area contributed by atoms with Gasteiger partial charge >= 0.3 is 51.4 Å². The Kier molecular flexibility index (Phi) is 8.27. The molecule has 0 fully saturated rings. The fourth-order valence-electron chi connectivity index (χ4n) is 1.93. The summed E-state index contributed by atoms with van der Waals surface area (Å²) in [4.78, 5) is 20.3. The molecule has 0 aliphatic heterocycles. The summed E-state index contributed by atoms with van der Waals surface area (Å²) in [6, 6.07) is 6.47. The van der Waals surface area contributed by atoms with Gasteiger partial charge in [-0.1, -0.05) is 0 Å². The maximum Gasteiger partial charge on any atom is 1.00 e. The van der Waals surface area contributed by atoms with Gasteiger partial charge in [0.1, 0.15) is 9.79 Å². The number of benzene rings is 2. The quantitative estimate of drug-likeness (QED) is 0.257. The van der Waals surface area contributed by atoms with Crippen molar-refractivity contribution < 1.29 is 86.9 Å². The Labute approximate surface area is 196 Å². The Hall–Kier alpha value is -1.16. The second-order valence-electron chi connectivity index (χ2n) is 4.83. The summed E-state index contributed by atoms with van der Waals surface area (Å²) in [6.45, 7) is 0. The molecule has 13 heteroatoms. The zero-order valence-electron chi connectivity index (χ0n) is 13.7. The van der Waals surface area contributed by atoms with Crippen LogP contribution in [-0.4, -0.2) is 38.5 Å². The van der Waals surface area contributed by atoms with Gasteiger partial charge in [-0.2, -0.15) is 27.1 Å². The molecule has 0 bridgehead atoms. The molecule has 10 nitrogen and oxygen atoms in total. The second kappa shape index (κ2) is 9.36. The van der Waals surface area contributed by atoms with Gasteiger partial charge in [-0.3, -0.25) is 18.7 Å². The minimum absolute atomic E-state index is 0. The second-order valence-corrected chi connectivity index (χ2v) is 7.61. The summed E-state index contributed by atoms with van der Waals surface area (Å²) in [6.07, 6.45) is 0.473. The molecule has 2 aromatic carbocycles. The normalized spacial score (nSPS) is 11.8. The van der Waals surface area contributed by atoms with Crippen LogP contribution in [-0.2, 0) is 20.2 Å². The van der Waals surface area contributed by atoms with E-state index in [9.17, 15) is 26.4 Å². The topological polar surface area (TPSA) is 168 Å². The van der Waals surface area contributed by atoms with Crippen molar-refractivity contribution in [2.75, 3.05) is 0 Å². The molecule has 0 unspecified atom stereocenters. The van der Waals surface area contributed by atoms with Crippen molar-refractivity contribution in [1.82, 2.24) is 0 Å². The summed E-state index contributed by atoms with van der Waals surface area (Å²) in [5.74, 6) is 0. The Morgan fingerprint density at radius 3 is 1.30 bits per heavy atom. The maximum absolute atomic E-state index is 11.3. The molecule has 0 saturated carbocycles. The predicted molar refractivity (Wildman–Crippen MR) is 87.5 cm³/mol. The van der Waals surface area contributed by atoms with Crippen LogP contribution in [0.3, 0.4) is 0 Å². The zero-order valence-corrected chi connectivity index (χ0v) is 18.4. The van der Waals surface area contributed by atoms with E-state index >= 15 is 0 Å². The smallest absolute Gasteiger partial charge is 0.298 e. The van der Waals surface area contributed by atoms with Crippen molar-refractivity contribution in [2.45, 2.75) is 9.79 Å². The number of hydrogen-bond acceptors (Lipinski definition) is 8. The van der Waals surface area contributed by atoms with E-state index in [1.807, 2.05) is 0 Å². The molecule has 0 spiro atoms. The molecule has 0 aliphatic rings. The van der Waals surface area contributed by atoms with E-state index in [1.165, 1.54) is 12.1 Å². The number of azo groups is 1. The number of hydrogen-bond donors (Lipinski definition) is 2. The van der Waals surface area contributed by atoms with Crippen LogP contribution in [0.4, 0.5) is 11.4 Å². The summed E-state index contributed by atoms with van der Waals surface area (Å²) in [7, 11) is -9.34. The standard InChI is InChI=1S/C14H10N2O8S2.K/c17-7-9-1-3-11(5-13(9)25(19,20)21)15-16-12-4-2-10(8-18)14(6-12)26(22,23)24;/h1-8H,(H,19,20,21)(H,22,23,24);/q;+1. The number of nitrogens with zero attached hydrogens (tertiary/aromatic N) is 2. The summed E-state index contributed by atoms with van der Waals surface area (Å²) in [5, 5.41) is 7.35. The number of carbonyl (C=O) groups is 2. The third-order valence-corrected chi connectivity index (χ3v) is 4.90. The first-order valence-corrected chi connectivity index (χ1v) is 9.49. The fraction of sp³-hybridized carbons (Fsp3) is 0. The van der Waals surface area contributed by atoms with Crippen molar-refractivity contribution in [3.63, 3.8) is 0 Å². The van der Waals surface area contributed by atoms with Gasteiger partial charge in [-0.15, -0.1) is 0 Å². The summed E-state index contributed by atoms with van der Waals surface area (Å²) in [5.41, 5.74) is -0.682. The van der Waals surface area contributed by atoms with Gasteiger partial charge in [0.05, 0.1) is 11.4 Å². The summed E-state index contributed by atoms with van der Waals surface area (Å²) < 4.78 is 63.3. The Morgan fingerprint density at radius 2 is 1.04 bits per heavy atom. The molecule has 0 aliphatic carbocycles. The van der Waals surface area contributed by atoms with Gasteiger partial charge < -0.3 is 0 Å². The van der Waals surface area contributed by atoms with E-state index in [0.717, 1.165) is 24.3 Å². The number of aldehydes is 2. The van der Waals surface area contributed by atoms with Crippen LogP contribution in [0.5, 0.6) is 0 Å². The van der Waals surface area contributed by atoms with Crippen LogP contribution in [0.2, 0.25) is 0 Å². The zero-order chi connectivity index (χ0) is 19.5. The van der Waals surface area contributed by atoms with Crippen molar-refractivity contribution in [3.05, 3.63) is 47.5 Å². The molecule has 0 heterocycles. The monoisotopic (exact) mass is 437 g/mol. The molecule has 136 valence electrons. The first kappa shape index (κ1) is 23.9. The minimum Gasteiger partial charge on any atom is -0.298 e. The minimum atomic E-state index is -4.67. The summed E-state index contributed by atoms with van der Waals surface area (Å²) >= 11 is 0. The van der Waals surface area contributed by atoms with Crippen molar-refractivity contribution in [1.29, 1.82) is 0 Å². The van der Waals surface area contributed by atoms with Gasteiger partial charge in [-0.25, -0.2) is 0 Å². The fourth-order valence-corrected chi connectivity index (χ4v) is 3.29. The Morgan fingerprint density at radius 1 is 0.704 bits per heavy atom. The van der Waals surface area contributed by atoms with E-state index in [1.54, 1.807) is 0 Å². The average molecular weight is 437 g/mol. The third-order valence-electron chi connectivity index (χ3n) is 3.08. The van der Waals surface area contributed by atoms with Crippen LogP contribution in [0.1, 0.15) is 20.7 Å². The predicted octanol–water partition coefficient (Wildman–Crippen LogP) is -0.776. The first-order chi connectivity index (χ1) is 12.1. The van der Waals surface area contributed by atoms with Crippen molar-refractivity contribution >= 4 is 44.2 Å². The van der Waals surface area contributed by atoms with E-state index in [-0.39, 0.29) is 86.5 Å². The van der Waals surface area contributed by atoms with Crippen LogP contribution in [0.15, 0.2) is 56.4 Å². The molecule has 2 aromatic rings. The Balaban J connectivity index is 0.00000364. The van der Waals surface area contributed by atoms with E-state index < -0.39 is 30.0 Å². The molecule has 0 aromatic heterocycles. The molecular formula is C14H10KN2O8S2+. The molecule has 2 rings (SSSR count). The van der Waals surface area contributed by atoms with Crippen LogP contribution in [0, 0.1) is 0 Å². The van der Waals surface area contributed by atoms with Crippen LogP contribution < -0.4 is 51.4 Å². The average Bonchev–Trinajstić information content (AvgIpc) is 2.58. The molecule has 0 amide bonds. The molecule has 2 N–H and O–H groups in total.